The van der Waals surface area contributed by atoms with Crippen LogP contribution in [-0.2, 0) is 4.79 Å². The maximum absolute atomic E-state index is 12.1. The van der Waals surface area contributed by atoms with E-state index in [-0.39, 0.29) is 11.1 Å². The van der Waals surface area contributed by atoms with Crippen LogP contribution in [0.15, 0.2) is 17.7 Å². The van der Waals surface area contributed by atoms with Gasteiger partial charge in [-0.2, -0.15) is 5.26 Å². The van der Waals surface area contributed by atoms with E-state index in [1.165, 1.54) is 4.90 Å². The zero-order chi connectivity index (χ0) is 16.9. The van der Waals surface area contributed by atoms with Gasteiger partial charge in [-0.05, 0) is 31.6 Å². The third kappa shape index (κ3) is 3.52. The van der Waals surface area contributed by atoms with Crippen LogP contribution in [0.1, 0.15) is 19.4 Å². The summed E-state index contributed by atoms with van der Waals surface area (Å²) in [4.78, 5) is 23.4. The number of hydrogen-bond donors (Lipinski definition) is 2. The van der Waals surface area contributed by atoms with E-state index >= 15 is 0 Å². The first-order valence-corrected chi connectivity index (χ1v) is 6.47. The molecule has 0 atom stereocenters. The second-order valence-corrected chi connectivity index (χ2v) is 4.31. The van der Waals surface area contributed by atoms with Crippen LogP contribution in [0, 0.1) is 21.4 Å². The summed E-state index contributed by atoms with van der Waals surface area (Å²) in [6.07, 6.45) is 1.13. The molecule has 116 valence electrons. The van der Waals surface area contributed by atoms with Gasteiger partial charge in [0.25, 0.3) is 5.91 Å². The van der Waals surface area contributed by atoms with Crippen molar-refractivity contribution in [1.82, 2.24) is 4.90 Å². The lowest BCUT2D eigenvalue weighted by molar-refractivity contribution is -0.386. The molecule has 0 aromatic heterocycles. The Morgan fingerprint density at radius 2 is 2.00 bits per heavy atom. The van der Waals surface area contributed by atoms with Crippen molar-refractivity contribution in [1.29, 1.82) is 5.26 Å². The lowest BCUT2D eigenvalue weighted by Crippen LogP contribution is -2.31. The number of nitriles is 1. The number of likely N-dealkylation sites (N-methyl/N-ethyl adjacent to an activating group) is 1. The normalized spacial score (nSPS) is 10.9. The smallest absolute Gasteiger partial charge is 0.315 e. The molecule has 0 aliphatic heterocycles. The zero-order valence-corrected chi connectivity index (χ0v) is 12.1. The van der Waals surface area contributed by atoms with Crippen molar-refractivity contribution in [3.8, 4) is 17.6 Å². The second-order valence-electron chi connectivity index (χ2n) is 4.31. The third-order valence-electron chi connectivity index (χ3n) is 3.00. The highest BCUT2D eigenvalue weighted by molar-refractivity contribution is 6.01. The van der Waals surface area contributed by atoms with Crippen molar-refractivity contribution in [2.45, 2.75) is 13.8 Å². The highest BCUT2D eigenvalue weighted by Crippen LogP contribution is 2.36. The molecular formula is C14H15N3O5. The molecule has 8 heteroatoms. The first kappa shape index (κ1) is 17.0. The molecule has 0 spiro atoms. The summed E-state index contributed by atoms with van der Waals surface area (Å²) in [6.45, 7) is 4.34. The van der Waals surface area contributed by atoms with E-state index in [9.17, 15) is 25.1 Å². The number of carbonyl (C=O) groups is 1. The Labute approximate surface area is 126 Å². The number of benzene rings is 1. The van der Waals surface area contributed by atoms with Gasteiger partial charge >= 0.3 is 5.69 Å². The summed E-state index contributed by atoms with van der Waals surface area (Å²) in [5.74, 6) is -2.08. The number of aromatic hydroxyl groups is 2. The number of rotatable bonds is 5. The lowest BCUT2D eigenvalue weighted by atomic mass is 10.1. The van der Waals surface area contributed by atoms with Crippen LogP contribution in [0.4, 0.5) is 5.69 Å². The fourth-order valence-electron chi connectivity index (χ4n) is 1.84. The van der Waals surface area contributed by atoms with Crippen molar-refractivity contribution < 1.29 is 19.9 Å². The van der Waals surface area contributed by atoms with Crippen LogP contribution < -0.4 is 0 Å². The molecule has 2 N–H and O–H groups in total. The van der Waals surface area contributed by atoms with E-state index < -0.39 is 28.0 Å². The van der Waals surface area contributed by atoms with Crippen molar-refractivity contribution in [2.75, 3.05) is 13.1 Å². The maximum Gasteiger partial charge on any atom is 0.315 e. The van der Waals surface area contributed by atoms with Crippen LogP contribution in [0.3, 0.4) is 0 Å². The van der Waals surface area contributed by atoms with Crippen molar-refractivity contribution in [2.24, 2.45) is 0 Å². The average molecular weight is 305 g/mol. The predicted molar refractivity (Wildman–Crippen MR) is 77.9 cm³/mol. The minimum atomic E-state index is -0.870. The van der Waals surface area contributed by atoms with Crippen molar-refractivity contribution in [3.05, 3.63) is 33.4 Å². The first-order chi connectivity index (χ1) is 10.3. The van der Waals surface area contributed by atoms with Crippen LogP contribution in [0.2, 0.25) is 0 Å². The molecule has 1 aromatic rings. The molecule has 0 saturated carbocycles. The molecule has 0 heterocycles. The molecule has 1 aromatic carbocycles. The van der Waals surface area contributed by atoms with Crippen molar-refractivity contribution >= 4 is 17.7 Å². The van der Waals surface area contributed by atoms with Gasteiger partial charge in [0, 0.05) is 19.2 Å². The molecular weight excluding hydrogens is 290 g/mol. The van der Waals surface area contributed by atoms with Crippen molar-refractivity contribution in [3.63, 3.8) is 0 Å². The van der Waals surface area contributed by atoms with E-state index in [0.29, 0.717) is 13.1 Å². The fourth-order valence-corrected chi connectivity index (χ4v) is 1.84. The van der Waals surface area contributed by atoms with Gasteiger partial charge < -0.3 is 15.1 Å². The van der Waals surface area contributed by atoms with Gasteiger partial charge in [0.1, 0.15) is 11.6 Å². The molecule has 1 amide bonds. The Hall–Kier alpha value is -3.08. The molecule has 0 radical (unpaired) electrons. The zero-order valence-electron chi connectivity index (χ0n) is 12.1. The summed E-state index contributed by atoms with van der Waals surface area (Å²) in [7, 11) is 0. The highest BCUT2D eigenvalue weighted by atomic mass is 16.6. The fraction of sp³-hybridized carbons (Fsp3) is 0.286. The standard InChI is InChI=1S/C14H15N3O5/c1-3-16(4-2)14(20)10(8-15)5-9-6-11(17(21)22)13(19)12(18)7-9/h5-7,18-19H,3-4H2,1-2H3/b10-5-. The third-order valence-corrected chi connectivity index (χ3v) is 3.00. The Bertz CT molecular complexity index is 672. The van der Waals surface area contributed by atoms with Gasteiger partial charge in [-0.15, -0.1) is 0 Å². The Kier molecular flexibility index (Phi) is 5.46. The number of nitrogens with zero attached hydrogens (tertiary/aromatic N) is 3. The Morgan fingerprint density at radius 1 is 1.41 bits per heavy atom. The highest BCUT2D eigenvalue weighted by Gasteiger charge is 2.20. The van der Waals surface area contributed by atoms with Crippen LogP contribution in [0.25, 0.3) is 6.08 Å². The largest absolute Gasteiger partial charge is 0.504 e. The topological polar surface area (TPSA) is 128 Å². The van der Waals surface area contributed by atoms with Gasteiger partial charge in [-0.1, -0.05) is 0 Å². The predicted octanol–water partition coefficient (Wildman–Crippen LogP) is 1.78. The molecule has 0 saturated heterocycles. The molecule has 8 nitrogen and oxygen atoms in total. The number of amides is 1. The monoisotopic (exact) mass is 305 g/mol. The van der Waals surface area contributed by atoms with Crippen LogP contribution in [-0.4, -0.2) is 39.0 Å². The van der Waals surface area contributed by atoms with Crippen LogP contribution >= 0.6 is 0 Å². The lowest BCUT2D eigenvalue weighted by Gasteiger charge is -2.17. The summed E-state index contributed by atoms with van der Waals surface area (Å²) in [5, 5.41) is 38.8. The van der Waals surface area contributed by atoms with E-state index in [2.05, 4.69) is 0 Å². The van der Waals surface area contributed by atoms with E-state index in [0.717, 1.165) is 18.2 Å². The van der Waals surface area contributed by atoms with E-state index in [4.69, 9.17) is 5.26 Å². The number of carbonyl (C=O) groups excluding carboxylic acids is 1. The average Bonchev–Trinajstić information content (AvgIpc) is 2.48. The Morgan fingerprint density at radius 3 is 2.45 bits per heavy atom. The minimum Gasteiger partial charge on any atom is -0.504 e. The molecule has 1 rings (SSSR count). The van der Waals surface area contributed by atoms with E-state index in [1.54, 1.807) is 19.9 Å². The summed E-state index contributed by atoms with van der Waals surface area (Å²) in [5.41, 5.74) is -0.860. The van der Waals surface area contributed by atoms with Gasteiger partial charge in [-0.3, -0.25) is 14.9 Å². The van der Waals surface area contributed by atoms with Gasteiger partial charge in [-0.25, -0.2) is 0 Å². The Balaban J connectivity index is 3.33. The number of phenols is 2. The SMILES string of the molecule is CCN(CC)C(=O)/C(C#N)=C\c1cc(O)c(O)c([N+](=O)[O-])c1. The number of nitro benzene ring substituents is 1. The quantitative estimate of drug-likeness (QED) is 0.280. The number of phenolic OH excluding ortho intramolecular Hbond substituents is 2. The summed E-state index contributed by atoms with van der Waals surface area (Å²) in [6, 6.07) is 3.75. The number of nitro groups is 1. The molecule has 0 aliphatic carbocycles. The minimum absolute atomic E-state index is 0.0686. The van der Waals surface area contributed by atoms with Gasteiger partial charge in [0.05, 0.1) is 4.92 Å². The summed E-state index contributed by atoms with van der Waals surface area (Å²) >= 11 is 0. The van der Waals surface area contributed by atoms with Crippen LogP contribution in [0.5, 0.6) is 11.5 Å². The van der Waals surface area contributed by atoms with Gasteiger partial charge in [0.2, 0.25) is 5.75 Å². The molecule has 22 heavy (non-hydrogen) atoms. The molecule has 0 fully saturated rings. The molecule has 0 bridgehead atoms. The molecule has 0 aliphatic rings. The summed E-state index contributed by atoms with van der Waals surface area (Å²) < 4.78 is 0. The van der Waals surface area contributed by atoms with E-state index in [1.807, 2.05) is 0 Å². The second kappa shape index (κ2) is 7.08. The first-order valence-electron chi connectivity index (χ1n) is 6.47. The molecule has 0 unspecified atom stereocenters. The van der Waals surface area contributed by atoms with Gasteiger partial charge in [0.15, 0.2) is 5.75 Å². The number of hydrogen-bond acceptors (Lipinski definition) is 6. The maximum atomic E-state index is 12.1.